The Kier molecular flexibility index (Phi) is 3.04. The van der Waals surface area contributed by atoms with Gasteiger partial charge in [-0.1, -0.05) is 49.7 Å². The summed E-state index contributed by atoms with van der Waals surface area (Å²) in [7, 11) is 0. The SMILES string of the molecule is CCCc1cccc2cccc(C(C)=O)c12. The zero-order valence-electron chi connectivity index (χ0n) is 9.79. The summed E-state index contributed by atoms with van der Waals surface area (Å²) in [5.74, 6) is 0.147. The first-order valence-corrected chi connectivity index (χ1v) is 5.75. The summed E-state index contributed by atoms with van der Waals surface area (Å²) >= 11 is 0. The number of aryl methyl sites for hydroxylation is 1. The number of hydrogen-bond acceptors (Lipinski definition) is 1. The Morgan fingerprint density at radius 1 is 1.12 bits per heavy atom. The predicted octanol–water partition coefficient (Wildman–Crippen LogP) is 3.99. The Labute approximate surface area is 96.1 Å². The fourth-order valence-electron chi connectivity index (χ4n) is 2.19. The maximum absolute atomic E-state index is 11.6. The molecule has 0 saturated heterocycles. The molecule has 0 bridgehead atoms. The van der Waals surface area contributed by atoms with E-state index in [4.69, 9.17) is 0 Å². The van der Waals surface area contributed by atoms with Crippen LogP contribution < -0.4 is 0 Å². The summed E-state index contributed by atoms with van der Waals surface area (Å²) in [5, 5.41) is 2.30. The third-order valence-corrected chi connectivity index (χ3v) is 2.89. The van der Waals surface area contributed by atoms with E-state index in [9.17, 15) is 4.79 Å². The van der Waals surface area contributed by atoms with Gasteiger partial charge in [-0.25, -0.2) is 0 Å². The van der Waals surface area contributed by atoms with Crippen LogP contribution in [0.15, 0.2) is 36.4 Å². The van der Waals surface area contributed by atoms with Crippen LogP contribution in [-0.2, 0) is 6.42 Å². The lowest BCUT2D eigenvalue weighted by Gasteiger charge is -2.09. The highest BCUT2D eigenvalue weighted by Crippen LogP contribution is 2.24. The Morgan fingerprint density at radius 3 is 2.44 bits per heavy atom. The van der Waals surface area contributed by atoms with Crippen LogP contribution in [0.3, 0.4) is 0 Å². The van der Waals surface area contributed by atoms with Gasteiger partial charge in [0, 0.05) is 5.56 Å². The second-order valence-corrected chi connectivity index (χ2v) is 4.13. The number of benzene rings is 2. The second kappa shape index (κ2) is 4.48. The maximum atomic E-state index is 11.6. The van der Waals surface area contributed by atoms with Crippen molar-refractivity contribution in [3.63, 3.8) is 0 Å². The standard InChI is InChI=1S/C15H16O/c1-3-6-12-7-4-8-13-9-5-10-14(11(2)16)15(12)13/h4-5,7-10H,3,6H2,1-2H3. The van der Waals surface area contributed by atoms with Gasteiger partial charge < -0.3 is 0 Å². The maximum Gasteiger partial charge on any atom is 0.160 e. The van der Waals surface area contributed by atoms with Crippen LogP contribution in [-0.4, -0.2) is 5.78 Å². The van der Waals surface area contributed by atoms with Crippen LogP contribution in [0.4, 0.5) is 0 Å². The van der Waals surface area contributed by atoms with Crippen LogP contribution in [0.5, 0.6) is 0 Å². The van der Waals surface area contributed by atoms with Crippen molar-refractivity contribution in [2.75, 3.05) is 0 Å². The Balaban J connectivity index is 2.76. The fraction of sp³-hybridized carbons (Fsp3) is 0.267. The average molecular weight is 212 g/mol. The zero-order chi connectivity index (χ0) is 11.5. The number of carbonyl (C=O) groups is 1. The molecule has 0 aliphatic carbocycles. The van der Waals surface area contributed by atoms with E-state index < -0.39 is 0 Å². The molecule has 0 N–H and O–H groups in total. The van der Waals surface area contributed by atoms with Crippen molar-refractivity contribution in [1.82, 2.24) is 0 Å². The monoisotopic (exact) mass is 212 g/mol. The largest absolute Gasteiger partial charge is 0.294 e. The van der Waals surface area contributed by atoms with Crippen molar-refractivity contribution in [2.24, 2.45) is 0 Å². The molecule has 1 heteroatoms. The Bertz CT molecular complexity index is 521. The molecule has 0 aromatic heterocycles. The van der Waals surface area contributed by atoms with Crippen LogP contribution in [0.1, 0.15) is 36.2 Å². The summed E-state index contributed by atoms with van der Waals surface area (Å²) in [4.78, 5) is 11.6. The van der Waals surface area contributed by atoms with Gasteiger partial charge >= 0.3 is 0 Å². The quantitative estimate of drug-likeness (QED) is 0.703. The van der Waals surface area contributed by atoms with E-state index in [1.807, 2.05) is 12.1 Å². The molecule has 0 aliphatic rings. The highest BCUT2D eigenvalue weighted by atomic mass is 16.1. The van der Waals surface area contributed by atoms with Gasteiger partial charge in [0.25, 0.3) is 0 Å². The van der Waals surface area contributed by atoms with Crippen LogP contribution in [0.2, 0.25) is 0 Å². The third-order valence-electron chi connectivity index (χ3n) is 2.89. The lowest BCUT2D eigenvalue weighted by Crippen LogP contribution is -1.96. The van der Waals surface area contributed by atoms with Gasteiger partial charge in [-0.2, -0.15) is 0 Å². The minimum atomic E-state index is 0.147. The molecule has 82 valence electrons. The molecule has 2 aromatic rings. The number of Topliss-reactive ketones (excluding diaryl/α,β-unsaturated/α-hetero) is 1. The smallest absolute Gasteiger partial charge is 0.160 e. The van der Waals surface area contributed by atoms with Crippen molar-refractivity contribution in [3.05, 3.63) is 47.5 Å². The van der Waals surface area contributed by atoms with E-state index in [-0.39, 0.29) is 5.78 Å². The summed E-state index contributed by atoms with van der Waals surface area (Å²) in [6.45, 7) is 3.80. The van der Waals surface area contributed by atoms with Gasteiger partial charge in [-0.3, -0.25) is 4.79 Å². The first kappa shape index (κ1) is 10.9. The minimum absolute atomic E-state index is 0.147. The molecule has 0 aliphatic heterocycles. The van der Waals surface area contributed by atoms with Crippen LogP contribution in [0.25, 0.3) is 10.8 Å². The summed E-state index contributed by atoms with van der Waals surface area (Å²) in [6, 6.07) is 12.2. The van der Waals surface area contributed by atoms with E-state index in [0.717, 1.165) is 23.8 Å². The van der Waals surface area contributed by atoms with Gasteiger partial charge in [-0.05, 0) is 29.7 Å². The Hall–Kier alpha value is -1.63. The number of ketones is 1. The molecule has 0 radical (unpaired) electrons. The molecule has 0 atom stereocenters. The van der Waals surface area contributed by atoms with E-state index in [1.165, 1.54) is 10.9 Å². The lowest BCUT2D eigenvalue weighted by molar-refractivity contribution is 0.101. The minimum Gasteiger partial charge on any atom is -0.294 e. The molecule has 0 saturated carbocycles. The molecular weight excluding hydrogens is 196 g/mol. The molecule has 0 unspecified atom stereocenters. The van der Waals surface area contributed by atoms with Crippen molar-refractivity contribution in [2.45, 2.75) is 26.7 Å². The number of carbonyl (C=O) groups excluding carboxylic acids is 1. The van der Waals surface area contributed by atoms with Gasteiger partial charge in [0.15, 0.2) is 5.78 Å². The number of hydrogen-bond donors (Lipinski definition) is 0. The predicted molar refractivity (Wildman–Crippen MR) is 67.9 cm³/mol. The fourth-order valence-corrected chi connectivity index (χ4v) is 2.19. The number of rotatable bonds is 3. The Morgan fingerprint density at radius 2 is 1.81 bits per heavy atom. The zero-order valence-corrected chi connectivity index (χ0v) is 9.79. The van der Waals surface area contributed by atoms with Gasteiger partial charge in [0.1, 0.15) is 0 Å². The molecule has 0 amide bonds. The third kappa shape index (κ3) is 1.85. The molecule has 2 rings (SSSR count). The van der Waals surface area contributed by atoms with Gasteiger partial charge in [0.2, 0.25) is 0 Å². The average Bonchev–Trinajstić information content (AvgIpc) is 2.29. The molecule has 0 spiro atoms. The van der Waals surface area contributed by atoms with Crippen molar-refractivity contribution < 1.29 is 4.79 Å². The molecule has 2 aromatic carbocycles. The highest BCUT2D eigenvalue weighted by Gasteiger charge is 2.08. The normalized spacial score (nSPS) is 10.6. The first-order valence-electron chi connectivity index (χ1n) is 5.75. The summed E-state index contributed by atoms with van der Waals surface area (Å²) in [5.41, 5.74) is 2.13. The van der Waals surface area contributed by atoms with E-state index in [1.54, 1.807) is 6.92 Å². The van der Waals surface area contributed by atoms with Crippen LogP contribution >= 0.6 is 0 Å². The van der Waals surface area contributed by atoms with Crippen molar-refractivity contribution in [3.8, 4) is 0 Å². The molecule has 0 fully saturated rings. The van der Waals surface area contributed by atoms with Crippen molar-refractivity contribution >= 4 is 16.6 Å². The molecule has 0 heterocycles. The summed E-state index contributed by atoms with van der Waals surface area (Å²) < 4.78 is 0. The van der Waals surface area contributed by atoms with Gasteiger partial charge in [-0.15, -0.1) is 0 Å². The molecular formula is C15H16O. The first-order chi connectivity index (χ1) is 7.74. The molecule has 16 heavy (non-hydrogen) atoms. The highest BCUT2D eigenvalue weighted by molar-refractivity contribution is 6.08. The topological polar surface area (TPSA) is 17.1 Å². The van der Waals surface area contributed by atoms with Crippen molar-refractivity contribution in [1.29, 1.82) is 0 Å². The summed E-state index contributed by atoms with van der Waals surface area (Å²) in [6.07, 6.45) is 2.13. The van der Waals surface area contributed by atoms with E-state index in [0.29, 0.717) is 0 Å². The van der Waals surface area contributed by atoms with E-state index >= 15 is 0 Å². The van der Waals surface area contributed by atoms with Gasteiger partial charge in [0.05, 0.1) is 0 Å². The van der Waals surface area contributed by atoms with Crippen LogP contribution in [0, 0.1) is 0 Å². The second-order valence-electron chi connectivity index (χ2n) is 4.13. The lowest BCUT2D eigenvalue weighted by atomic mass is 9.95. The number of fused-ring (bicyclic) bond motifs is 1. The van der Waals surface area contributed by atoms with E-state index in [2.05, 4.69) is 31.2 Å². The molecule has 1 nitrogen and oxygen atoms in total.